The Morgan fingerprint density at radius 2 is 0.710 bits per heavy atom. The fourth-order valence-electron chi connectivity index (χ4n) is 7.83. The maximum atomic E-state index is 13.3. The number of rotatable bonds is 40. The van der Waals surface area contributed by atoms with E-state index in [1.54, 1.807) is 0 Å². The van der Waals surface area contributed by atoms with Crippen molar-refractivity contribution in [3.63, 3.8) is 0 Å². The summed E-state index contributed by atoms with van der Waals surface area (Å²) in [7, 11) is 0. The molecule has 3 N–H and O–H groups in total. The number of aliphatic hydroxyl groups excluding tert-OH is 1. The minimum Gasteiger partial charge on any atom is -0.461 e. The highest BCUT2D eigenvalue weighted by molar-refractivity contribution is 5.85. The summed E-state index contributed by atoms with van der Waals surface area (Å²) in [5.41, 5.74) is 1.73. The molecule has 2 rings (SSSR count). The van der Waals surface area contributed by atoms with Crippen LogP contribution in [0.4, 0.5) is 0 Å². The average Bonchev–Trinajstić information content (AvgIpc) is 3.28. The van der Waals surface area contributed by atoms with E-state index in [2.05, 4.69) is 24.5 Å². The van der Waals surface area contributed by atoms with Crippen LogP contribution in [0.3, 0.4) is 0 Å². The molecule has 0 aliphatic carbocycles. The highest BCUT2D eigenvalue weighted by Crippen LogP contribution is 2.15. The normalized spacial score (nSPS) is 12.2. The smallest absolute Gasteiger partial charge is 0.329 e. The predicted octanol–water partition coefficient (Wildman–Crippen LogP) is 11.9. The van der Waals surface area contributed by atoms with E-state index in [0.29, 0.717) is 12.8 Å². The van der Waals surface area contributed by atoms with Crippen LogP contribution in [0.25, 0.3) is 0 Å². The van der Waals surface area contributed by atoms with Crippen LogP contribution in [0.2, 0.25) is 0 Å². The van der Waals surface area contributed by atoms with E-state index in [1.807, 2.05) is 60.7 Å². The number of nitrogens with one attached hydrogen (secondary N) is 2. The molecule has 0 bridgehead atoms. The molecule has 9 heteroatoms. The molecule has 2 amide bonds. The molecule has 2 atom stereocenters. The molecule has 0 unspecified atom stereocenters. The summed E-state index contributed by atoms with van der Waals surface area (Å²) in [6, 6.07) is 17.0. The Balaban J connectivity index is 1.74. The van der Waals surface area contributed by atoms with Gasteiger partial charge in [-0.15, -0.1) is 0 Å². The number of carbonyl (C=O) groups is 4. The number of unbranched alkanes of at least 4 members (excludes halogenated alkanes) is 24. The van der Waals surface area contributed by atoms with Gasteiger partial charge in [0, 0.05) is 25.7 Å². The minimum atomic E-state index is -1.29. The van der Waals surface area contributed by atoms with Gasteiger partial charge in [-0.2, -0.15) is 0 Å². The summed E-state index contributed by atoms with van der Waals surface area (Å²) in [4.78, 5) is 52.5. The minimum absolute atomic E-state index is 0.207. The van der Waals surface area contributed by atoms with Gasteiger partial charge in [-0.1, -0.05) is 229 Å². The van der Waals surface area contributed by atoms with Crippen LogP contribution in [0, 0.1) is 0 Å². The van der Waals surface area contributed by atoms with Crippen molar-refractivity contribution in [3.05, 3.63) is 71.8 Å². The van der Waals surface area contributed by atoms with Crippen LogP contribution >= 0.6 is 0 Å². The maximum absolute atomic E-state index is 13.3. The van der Waals surface area contributed by atoms with Crippen molar-refractivity contribution in [1.29, 1.82) is 0 Å². The van der Waals surface area contributed by atoms with E-state index in [4.69, 9.17) is 9.47 Å². The first-order chi connectivity index (χ1) is 30.3. The number of aliphatic hydroxyl groups is 1. The molecule has 0 saturated heterocycles. The molecular weight excluding hydrogens is 777 g/mol. The second-order valence-corrected chi connectivity index (χ2v) is 17.5. The largest absolute Gasteiger partial charge is 0.461 e. The lowest BCUT2D eigenvalue weighted by Crippen LogP contribution is -2.45. The molecule has 2 aromatic carbocycles. The molecule has 0 spiro atoms. The molecule has 0 aliphatic heterocycles. The van der Waals surface area contributed by atoms with Gasteiger partial charge in [0.2, 0.25) is 11.8 Å². The molecule has 0 radical (unpaired) electrons. The Kier molecular flexibility index (Phi) is 33.2. The first-order valence-corrected chi connectivity index (χ1v) is 25.0. The quantitative estimate of drug-likeness (QED) is 0.0449. The average molecular weight is 863 g/mol. The summed E-state index contributed by atoms with van der Waals surface area (Å²) >= 11 is 0. The highest BCUT2D eigenvalue weighted by Gasteiger charge is 2.26. The van der Waals surface area contributed by atoms with Gasteiger partial charge in [-0.25, -0.2) is 9.59 Å². The summed E-state index contributed by atoms with van der Waals surface area (Å²) < 4.78 is 10.9. The summed E-state index contributed by atoms with van der Waals surface area (Å²) in [6.45, 7) is 3.67. The molecule has 0 saturated carbocycles. The van der Waals surface area contributed by atoms with Gasteiger partial charge in [0.25, 0.3) is 0 Å². The van der Waals surface area contributed by atoms with Crippen molar-refractivity contribution in [2.45, 2.75) is 225 Å². The summed E-state index contributed by atoms with van der Waals surface area (Å²) in [5, 5.41) is 16.4. The SMILES string of the molecule is CCCCCCCCCCCCCCCC(=O)N[C@@H](Cc1ccccc1)C(=O)OCC(O)COC(=O)[C@H](Cc1ccccc1)NC(=O)CCCCCCCCCCCCCCC. The zero-order chi connectivity index (χ0) is 44.7. The number of hydrogen-bond donors (Lipinski definition) is 3. The predicted molar refractivity (Wildman–Crippen MR) is 253 cm³/mol. The number of ether oxygens (including phenoxy) is 2. The zero-order valence-electron chi connectivity index (χ0n) is 39.0. The number of carbonyl (C=O) groups excluding carboxylic acids is 4. The van der Waals surface area contributed by atoms with Gasteiger partial charge in [0.15, 0.2) is 0 Å². The van der Waals surface area contributed by atoms with Crippen molar-refractivity contribution >= 4 is 23.8 Å². The van der Waals surface area contributed by atoms with Crippen molar-refractivity contribution in [2.75, 3.05) is 13.2 Å². The Morgan fingerprint density at radius 1 is 0.435 bits per heavy atom. The molecular formula is C53H86N2O7. The number of hydrogen-bond acceptors (Lipinski definition) is 7. The molecule has 2 aromatic rings. The van der Waals surface area contributed by atoms with Gasteiger partial charge < -0.3 is 25.2 Å². The second-order valence-electron chi connectivity index (χ2n) is 17.5. The number of esters is 2. The maximum Gasteiger partial charge on any atom is 0.329 e. The Morgan fingerprint density at radius 3 is 1.00 bits per heavy atom. The Labute approximate surface area is 376 Å². The van der Waals surface area contributed by atoms with Gasteiger partial charge in [-0.3, -0.25) is 9.59 Å². The van der Waals surface area contributed by atoms with Crippen molar-refractivity contribution < 1.29 is 33.8 Å². The van der Waals surface area contributed by atoms with Crippen LogP contribution in [0.1, 0.15) is 205 Å². The van der Waals surface area contributed by atoms with Crippen LogP contribution in [-0.2, 0) is 41.5 Å². The summed E-state index contributed by atoms with van der Waals surface area (Å²) in [6.07, 6.45) is 31.6. The zero-order valence-corrected chi connectivity index (χ0v) is 39.0. The van der Waals surface area contributed by atoms with Crippen molar-refractivity contribution in [1.82, 2.24) is 10.6 Å². The van der Waals surface area contributed by atoms with E-state index in [1.165, 1.54) is 128 Å². The third-order valence-electron chi connectivity index (χ3n) is 11.7. The van der Waals surface area contributed by atoms with Gasteiger partial charge in [0.05, 0.1) is 0 Å². The molecule has 9 nitrogen and oxygen atoms in total. The lowest BCUT2D eigenvalue weighted by Gasteiger charge is -2.21. The lowest BCUT2D eigenvalue weighted by molar-refractivity contribution is -0.156. The van der Waals surface area contributed by atoms with E-state index >= 15 is 0 Å². The summed E-state index contributed by atoms with van der Waals surface area (Å²) in [5.74, 6) is -1.75. The molecule has 350 valence electrons. The van der Waals surface area contributed by atoms with Crippen molar-refractivity contribution in [2.24, 2.45) is 0 Å². The lowest BCUT2D eigenvalue weighted by atomic mass is 10.0. The molecule has 0 aliphatic rings. The fraction of sp³-hybridized carbons (Fsp3) is 0.698. The van der Waals surface area contributed by atoms with Crippen LogP contribution < -0.4 is 10.6 Å². The number of amides is 2. The van der Waals surface area contributed by atoms with Gasteiger partial charge >= 0.3 is 11.9 Å². The van der Waals surface area contributed by atoms with Crippen LogP contribution in [0.5, 0.6) is 0 Å². The first kappa shape index (κ1) is 54.4. The first-order valence-electron chi connectivity index (χ1n) is 25.0. The third kappa shape index (κ3) is 29.6. The van der Waals surface area contributed by atoms with E-state index in [9.17, 15) is 24.3 Å². The molecule has 0 fully saturated rings. The van der Waals surface area contributed by atoms with E-state index in [-0.39, 0.29) is 24.7 Å². The second kappa shape index (κ2) is 37.8. The highest BCUT2D eigenvalue weighted by atomic mass is 16.6. The Hall–Kier alpha value is -3.72. The van der Waals surface area contributed by atoms with Crippen LogP contribution in [0.15, 0.2) is 60.7 Å². The topological polar surface area (TPSA) is 131 Å². The van der Waals surface area contributed by atoms with E-state index < -0.39 is 43.3 Å². The fourth-order valence-corrected chi connectivity index (χ4v) is 7.83. The Bertz CT molecular complexity index is 1300. The van der Waals surface area contributed by atoms with Crippen LogP contribution in [-0.4, -0.2) is 60.3 Å². The van der Waals surface area contributed by atoms with E-state index in [0.717, 1.165) is 49.7 Å². The molecule has 0 heterocycles. The standard InChI is InChI=1S/C53H86N2O7/c1-3-5-7-9-11-13-15-17-19-21-23-25-33-39-50(57)54-48(41-45-35-29-27-30-36-45)52(59)61-43-47(56)44-62-53(60)49(42-46-37-31-28-32-38-46)55-51(58)40-34-26-24-22-20-18-16-14-12-10-8-6-4-2/h27-32,35-38,47-49,56H,3-26,33-34,39-44H2,1-2H3,(H,54,57)(H,55,58)/t48-,49-/m0/s1. The third-order valence-corrected chi connectivity index (χ3v) is 11.7. The molecule has 62 heavy (non-hydrogen) atoms. The van der Waals surface area contributed by atoms with Gasteiger partial charge in [-0.05, 0) is 24.0 Å². The number of benzene rings is 2. The monoisotopic (exact) mass is 863 g/mol. The van der Waals surface area contributed by atoms with Gasteiger partial charge in [0.1, 0.15) is 31.4 Å². The van der Waals surface area contributed by atoms with Crippen molar-refractivity contribution in [3.8, 4) is 0 Å². The molecule has 0 aromatic heterocycles.